The van der Waals surface area contributed by atoms with Gasteiger partial charge in [-0.2, -0.15) is 0 Å². The second kappa shape index (κ2) is 6.85. The number of nitrogens with one attached hydrogen (secondary N) is 1. The summed E-state index contributed by atoms with van der Waals surface area (Å²) in [4.78, 5) is 11.4. The van der Waals surface area contributed by atoms with Crippen LogP contribution in [0.2, 0.25) is 0 Å². The van der Waals surface area contributed by atoms with Gasteiger partial charge in [-0.25, -0.2) is 4.39 Å². The smallest absolute Gasteiger partial charge is 0.224 e. The van der Waals surface area contributed by atoms with Gasteiger partial charge in [0.2, 0.25) is 5.91 Å². The summed E-state index contributed by atoms with van der Waals surface area (Å²) in [6.07, 6.45) is 1.40. The van der Waals surface area contributed by atoms with Crippen LogP contribution in [-0.2, 0) is 4.79 Å². The van der Waals surface area contributed by atoms with Crippen molar-refractivity contribution in [2.24, 2.45) is 0 Å². The average molecular weight is 241 g/mol. The summed E-state index contributed by atoms with van der Waals surface area (Å²) in [5.41, 5.74) is 0.110. The third-order valence-corrected chi connectivity index (χ3v) is 2.26. The summed E-state index contributed by atoms with van der Waals surface area (Å²) in [6.45, 7) is 0.0564. The molecule has 1 amide bonds. The van der Waals surface area contributed by atoms with Crippen LogP contribution in [0.15, 0.2) is 18.2 Å². The maximum absolute atomic E-state index is 13.3. The normalized spacial score (nSPS) is 10.1. The highest BCUT2D eigenvalue weighted by atomic mass is 19.1. The molecule has 94 valence electrons. The molecule has 0 fully saturated rings. The van der Waals surface area contributed by atoms with Gasteiger partial charge >= 0.3 is 0 Å². The van der Waals surface area contributed by atoms with Gasteiger partial charge in [-0.15, -0.1) is 0 Å². The molecular formula is C12H16FNO3. The number of rotatable bonds is 6. The zero-order valence-electron chi connectivity index (χ0n) is 9.70. The number of anilines is 1. The molecule has 0 atom stereocenters. The molecule has 0 radical (unpaired) electrons. The number of amides is 1. The van der Waals surface area contributed by atoms with Gasteiger partial charge in [0.05, 0.1) is 12.8 Å². The van der Waals surface area contributed by atoms with E-state index in [0.29, 0.717) is 18.6 Å². The molecule has 0 spiro atoms. The van der Waals surface area contributed by atoms with E-state index >= 15 is 0 Å². The Kier molecular flexibility index (Phi) is 5.42. The fourth-order valence-corrected chi connectivity index (χ4v) is 1.34. The number of benzene rings is 1. The maximum atomic E-state index is 13.3. The Morgan fingerprint density at radius 1 is 1.47 bits per heavy atom. The molecule has 0 unspecified atom stereocenters. The van der Waals surface area contributed by atoms with Crippen molar-refractivity contribution in [3.8, 4) is 5.75 Å². The van der Waals surface area contributed by atoms with Gasteiger partial charge in [0, 0.05) is 19.1 Å². The van der Waals surface area contributed by atoms with Crippen LogP contribution in [-0.4, -0.2) is 24.7 Å². The van der Waals surface area contributed by atoms with E-state index in [1.165, 1.54) is 25.3 Å². The highest BCUT2D eigenvalue weighted by molar-refractivity contribution is 5.91. The van der Waals surface area contributed by atoms with Crippen LogP contribution in [0.1, 0.15) is 19.3 Å². The Morgan fingerprint density at radius 3 is 2.88 bits per heavy atom. The van der Waals surface area contributed by atoms with Crippen molar-refractivity contribution in [2.75, 3.05) is 19.0 Å². The molecular weight excluding hydrogens is 225 g/mol. The predicted molar refractivity (Wildman–Crippen MR) is 62.5 cm³/mol. The fraction of sp³-hybridized carbons (Fsp3) is 0.417. The number of carbonyl (C=O) groups excluding carboxylic acids is 1. The lowest BCUT2D eigenvalue weighted by atomic mass is 10.2. The standard InChI is InChI=1S/C12H16FNO3/c1-17-9-5-6-10(13)11(8-9)14-12(16)4-2-3-7-15/h5-6,8,15H,2-4,7H2,1H3,(H,14,16). The molecule has 0 aromatic heterocycles. The number of unbranched alkanes of at least 4 members (excludes halogenated alkanes) is 1. The molecule has 0 aliphatic rings. The lowest BCUT2D eigenvalue weighted by Crippen LogP contribution is -2.12. The van der Waals surface area contributed by atoms with Crippen LogP contribution in [0.5, 0.6) is 5.75 Å². The molecule has 17 heavy (non-hydrogen) atoms. The Balaban J connectivity index is 2.57. The van der Waals surface area contributed by atoms with Crippen molar-refractivity contribution in [3.63, 3.8) is 0 Å². The molecule has 0 bridgehead atoms. The molecule has 2 N–H and O–H groups in total. The Morgan fingerprint density at radius 2 is 2.24 bits per heavy atom. The highest BCUT2D eigenvalue weighted by Crippen LogP contribution is 2.21. The van der Waals surface area contributed by atoms with Crippen molar-refractivity contribution in [3.05, 3.63) is 24.0 Å². The van der Waals surface area contributed by atoms with E-state index in [1.54, 1.807) is 0 Å². The summed E-state index contributed by atoms with van der Waals surface area (Å²) < 4.78 is 18.3. The fourth-order valence-electron chi connectivity index (χ4n) is 1.34. The minimum atomic E-state index is -0.499. The average Bonchev–Trinajstić information content (AvgIpc) is 2.32. The van der Waals surface area contributed by atoms with Crippen LogP contribution in [0.4, 0.5) is 10.1 Å². The summed E-state index contributed by atoms with van der Waals surface area (Å²) in [5, 5.41) is 11.0. The molecule has 0 heterocycles. The Hall–Kier alpha value is -1.62. The number of halogens is 1. The zero-order valence-corrected chi connectivity index (χ0v) is 9.70. The lowest BCUT2D eigenvalue weighted by molar-refractivity contribution is -0.116. The first-order valence-electron chi connectivity index (χ1n) is 5.41. The molecule has 4 nitrogen and oxygen atoms in total. The number of aliphatic hydroxyl groups excluding tert-OH is 1. The predicted octanol–water partition coefficient (Wildman–Crippen LogP) is 1.94. The van der Waals surface area contributed by atoms with Gasteiger partial charge in [-0.1, -0.05) is 0 Å². The lowest BCUT2D eigenvalue weighted by Gasteiger charge is -2.08. The third-order valence-electron chi connectivity index (χ3n) is 2.26. The second-order valence-corrected chi connectivity index (χ2v) is 3.57. The van der Waals surface area contributed by atoms with Crippen LogP contribution in [0.25, 0.3) is 0 Å². The van der Waals surface area contributed by atoms with E-state index in [4.69, 9.17) is 9.84 Å². The second-order valence-electron chi connectivity index (χ2n) is 3.57. The number of hydrogen-bond donors (Lipinski definition) is 2. The van der Waals surface area contributed by atoms with E-state index < -0.39 is 5.82 Å². The van der Waals surface area contributed by atoms with Crippen molar-refractivity contribution in [1.29, 1.82) is 0 Å². The van der Waals surface area contributed by atoms with Gasteiger partial charge in [0.1, 0.15) is 11.6 Å². The van der Waals surface area contributed by atoms with Gasteiger partial charge in [-0.3, -0.25) is 4.79 Å². The van der Waals surface area contributed by atoms with E-state index in [1.807, 2.05) is 0 Å². The van der Waals surface area contributed by atoms with Gasteiger partial charge in [0.25, 0.3) is 0 Å². The molecule has 5 heteroatoms. The van der Waals surface area contributed by atoms with Gasteiger partial charge in [-0.05, 0) is 25.0 Å². The van der Waals surface area contributed by atoms with Crippen LogP contribution in [0.3, 0.4) is 0 Å². The molecule has 1 aromatic rings. The molecule has 0 saturated carbocycles. The number of hydrogen-bond acceptors (Lipinski definition) is 3. The molecule has 1 aromatic carbocycles. The summed E-state index contributed by atoms with van der Waals surface area (Å²) in [5.74, 6) is -0.288. The number of ether oxygens (including phenoxy) is 1. The van der Waals surface area contributed by atoms with E-state index in [2.05, 4.69) is 5.32 Å². The van der Waals surface area contributed by atoms with E-state index in [-0.39, 0.29) is 24.6 Å². The molecule has 1 rings (SSSR count). The summed E-state index contributed by atoms with van der Waals surface area (Å²) in [7, 11) is 1.47. The Bertz CT molecular complexity index is 382. The minimum absolute atomic E-state index is 0.0564. The first-order chi connectivity index (χ1) is 8.17. The number of aliphatic hydroxyl groups is 1. The topological polar surface area (TPSA) is 58.6 Å². The molecule has 0 saturated heterocycles. The van der Waals surface area contributed by atoms with Crippen molar-refractivity contribution in [2.45, 2.75) is 19.3 Å². The largest absolute Gasteiger partial charge is 0.497 e. The van der Waals surface area contributed by atoms with Crippen molar-refractivity contribution >= 4 is 11.6 Å². The highest BCUT2D eigenvalue weighted by Gasteiger charge is 2.07. The Labute approximate surface area is 99.4 Å². The van der Waals surface area contributed by atoms with E-state index in [0.717, 1.165) is 0 Å². The SMILES string of the molecule is COc1ccc(F)c(NC(=O)CCCCO)c1. The zero-order chi connectivity index (χ0) is 12.7. The van der Waals surface area contributed by atoms with Crippen LogP contribution in [0, 0.1) is 5.82 Å². The minimum Gasteiger partial charge on any atom is -0.497 e. The van der Waals surface area contributed by atoms with Gasteiger partial charge < -0.3 is 15.2 Å². The van der Waals surface area contributed by atoms with Crippen molar-refractivity contribution < 1.29 is 19.0 Å². The van der Waals surface area contributed by atoms with Crippen LogP contribution < -0.4 is 10.1 Å². The molecule has 0 aliphatic carbocycles. The third kappa shape index (κ3) is 4.40. The number of methoxy groups -OCH3 is 1. The first-order valence-corrected chi connectivity index (χ1v) is 5.41. The molecule has 0 aliphatic heterocycles. The first kappa shape index (κ1) is 13.4. The maximum Gasteiger partial charge on any atom is 0.224 e. The van der Waals surface area contributed by atoms with Crippen LogP contribution >= 0.6 is 0 Å². The van der Waals surface area contributed by atoms with Gasteiger partial charge in [0.15, 0.2) is 0 Å². The van der Waals surface area contributed by atoms with Crippen molar-refractivity contribution in [1.82, 2.24) is 0 Å². The summed E-state index contributed by atoms with van der Waals surface area (Å²) >= 11 is 0. The van der Waals surface area contributed by atoms with E-state index in [9.17, 15) is 9.18 Å². The number of carbonyl (C=O) groups is 1. The monoisotopic (exact) mass is 241 g/mol. The summed E-state index contributed by atoms with van der Waals surface area (Å²) in [6, 6.07) is 4.15. The quantitative estimate of drug-likeness (QED) is 0.748.